The van der Waals surface area contributed by atoms with Gasteiger partial charge in [-0.05, 0) is 38.4 Å². The Labute approximate surface area is 119 Å². The Morgan fingerprint density at radius 3 is 2.90 bits per heavy atom. The van der Waals surface area contributed by atoms with Crippen molar-refractivity contribution in [3.8, 4) is 0 Å². The van der Waals surface area contributed by atoms with Crippen LogP contribution in [0.1, 0.15) is 26.2 Å². The lowest BCUT2D eigenvalue weighted by atomic mass is 10.0. The van der Waals surface area contributed by atoms with Crippen molar-refractivity contribution in [3.63, 3.8) is 0 Å². The van der Waals surface area contributed by atoms with Gasteiger partial charge in [0.05, 0.1) is 5.69 Å². The summed E-state index contributed by atoms with van der Waals surface area (Å²) in [6.45, 7) is 4.22. The molecule has 2 N–H and O–H groups in total. The van der Waals surface area contributed by atoms with Crippen LogP contribution in [0, 0.1) is 5.82 Å². The van der Waals surface area contributed by atoms with E-state index >= 15 is 0 Å². The molecule has 0 aromatic heterocycles. The van der Waals surface area contributed by atoms with E-state index in [1.54, 1.807) is 23.1 Å². The SMILES string of the molecule is CCN(CC1CCCCN1)C(=O)Nc1ccccc1F. The molecule has 110 valence electrons. The number of amides is 2. The molecule has 4 nitrogen and oxygen atoms in total. The number of piperidine rings is 1. The number of nitrogens with zero attached hydrogens (tertiary/aromatic N) is 1. The maximum absolute atomic E-state index is 13.5. The van der Waals surface area contributed by atoms with Crippen LogP contribution >= 0.6 is 0 Å². The van der Waals surface area contributed by atoms with Gasteiger partial charge in [0, 0.05) is 19.1 Å². The van der Waals surface area contributed by atoms with Gasteiger partial charge in [-0.25, -0.2) is 9.18 Å². The lowest BCUT2D eigenvalue weighted by Gasteiger charge is -2.30. The van der Waals surface area contributed by atoms with E-state index < -0.39 is 5.82 Å². The molecular formula is C15H22FN3O. The zero-order chi connectivity index (χ0) is 14.4. The fraction of sp³-hybridized carbons (Fsp3) is 0.533. The number of halogens is 1. The summed E-state index contributed by atoms with van der Waals surface area (Å²) in [5, 5.41) is 6.05. The van der Waals surface area contributed by atoms with Crippen LogP contribution in [0.4, 0.5) is 14.9 Å². The first-order valence-electron chi connectivity index (χ1n) is 7.24. The Morgan fingerprint density at radius 2 is 2.25 bits per heavy atom. The predicted molar refractivity (Wildman–Crippen MR) is 78.3 cm³/mol. The zero-order valence-electron chi connectivity index (χ0n) is 11.9. The fourth-order valence-electron chi connectivity index (χ4n) is 2.46. The van der Waals surface area contributed by atoms with E-state index in [9.17, 15) is 9.18 Å². The van der Waals surface area contributed by atoms with Gasteiger partial charge in [0.2, 0.25) is 0 Å². The molecule has 2 rings (SSSR count). The highest BCUT2D eigenvalue weighted by Crippen LogP contribution is 2.14. The average Bonchev–Trinajstić information content (AvgIpc) is 2.48. The number of para-hydroxylation sites is 1. The van der Waals surface area contributed by atoms with E-state index in [0.29, 0.717) is 19.1 Å². The number of likely N-dealkylation sites (N-methyl/N-ethyl adjacent to an activating group) is 1. The summed E-state index contributed by atoms with van der Waals surface area (Å²) in [6, 6.07) is 6.32. The zero-order valence-corrected chi connectivity index (χ0v) is 11.9. The third-order valence-electron chi connectivity index (χ3n) is 3.64. The largest absolute Gasteiger partial charge is 0.323 e. The van der Waals surface area contributed by atoms with Crippen molar-refractivity contribution in [1.82, 2.24) is 10.2 Å². The van der Waals surface area contributed by atoms with E-state index in [1.165, 1.54) is 18.9 Å². The molecular weight excluding hydrogens is 257 g/mol. The second-order valence-corrected chi connectivity index (χ2v) is 5.10. The quantitative estimate of drug-likeness (QED) is 0.890. The topological polar surface area (TPSA) is 44.4 Å². The highest BCUT2D eigenvalue weighted by Gasteiger charge is 2.19. The number of carbonyl (C=O) groups excluding carboxylic acids is 1. The fourth-order valence-corrected chi connectivity index (χ4v) is 2.46. The van der Waals surface area contributed by atoms with Crippen molar-refractivity contribution < 1.29 is 9.18 Å². The summed E-state index contributed by atoms with van der Waals surface area (Å²) in [6.07, 6.45) is 3.48. The lowest BCUT2D eigenvalue weighted by Crippen LogP contribution is -2.47. The molecule has 0 aliphatic carbocycles. The van der Waals surface area contributed by atoms with E-state index in [2.05, 4.69) is 10.6 Å². The molecule has 0 saturated carbocycles. The number of benzene rings is 1. The number of rotatable bonds is 4. The number of anilines is 1. The Morgan fingerprint density at radius 1 is 1.45 bits per heavy atom. The van der Waals surface area contributed by atoms with Gasteiger partial charge >= 0.3 is 6.03 Å². The molecule has 1 fully saturated rings. The molecule has 1 heterocycles. The van der Waals surface area contributed by atoms with Gasteiger partial charge in [0.1, 0.15) is 5.82 Å². The molecule has 0 radical (unpaired) electrons. The highest BCUT2D eigenvalue weighted by molar-refractivity contribution is 5.89. The second-order valence-electron chi connectivity index (χ2n) is 5.10. The van der Waals surface area contributed by atoms with Crippen molar-refractivity contribution in [2.45, 2.75) is 32.2 Å². The van der Waals surface area contributed by atoms with E-state index in [0.717, 1.165) is 13.0 Å². The molecule has 1 saturated heterocycles. The van der Waals surface area contributed by atoms with Crippen molar-refractivity contribution in [1.29, 1.82) is 0 Å². The molecule has 0 spiro atoms. The minimum atomic E-state index is -0.410. The molecule has 1 aliphatic heterocycles. The standard InChI is InChI=1S/C15H22FN3O/c1-2-19(11-12-7-5-6-10-17-12)15(20)18-14-9-4-3-8-13(14)16/h3-4,8-9,12,17H,2,5-7,10-11H2,1H3,(H,18,20). The van der Waals surface area contributed by atoms with E-state index in [-0.39, 0.29) is 11.7 Å². The molecule has 5 heteroatoms. The van der Waals surface area contributed by atoms with Crippen LogP contribution in [0.3, 0.4) is 0 Å². The molecule has 1 aliphatic rings. The first-order chi connectivity index (χ1) is 9.70. The maximum Gasteiger partial charge on any atom is 0.321 e. The van der Waals surface area contributed by atoms with Gasteiger partial charge in [-0.2, -0.15) is 0 Å². The van der Waals surface area contributed by atoms with Gasteiger partial charge in [-0.15, -0.1) is 0 Å². The van der Waals surface area contributed by atoms with Gasteiger partial charge in [0.25, 0.3) is 0 Å². The number of hydrogen-bond acceptors (Lipinski definition) is 2. The van der Waals surface area contributed by atoms with Crippen molar-refractivity contribution >= 4 is 11.7 Å². The average molecular weight is 279 g/mol. The molecule has 2 amide bonds. The summed E-state index contributed by atoms with van der Waals surface area (Å²) in [5.74, 6) is -0.410. The van der Waals surface area contributed by atoms with Crippen LogP contribution in [0.5, 0.6) is 0 Å². The van der Waals surface area contributed by atoms with Gasteiger partial charge in [0.15, 0.2) is 0 Å². The maximum atomic E-state index is 13.5. The minimum Gasteiger partial charge on any atom is -0.323 e. The van der Waals surface area contributed by atoms with Crippen molar-refractivity contribution in [3.05, 3.63) is 30.1 Å². The Hall–Kier alpha value is -1.62. The van der Waals surface area contributed by atoms with Crippen molar-refractivity contribution in [2.24, 2.45) is 0 Å². The van der Waals surface area contributed by atoms with Gasteiger partial charge < -0.3 is 15.5 Å². The number of hydrogen-bond donors (Lipinski definition) is 2. The van der Waals surface area contributed by atoms with Crippen LogP contribution in [0.15, 0.2) is 24.3 Å². The third-order valence-corrected chi connectivity index (χ3v) is 3.64. The molecule has 1 unspecified atom stereocenters. The number of carbonyl (C=O) groups is 1. The summed E-state index contributed by atoms with van der Waals surface area (Å²) in [7, 11) is 0. The Kier molecular flexibility index (Phi) is 5.35. The predicted octanol–water partition coefficient (Wildman–Crippen LogP) is 2.82. The van der Waals surface area contributed by atoms with Gasteiger partial charge in [-0.3, -0.25) is 0 Å². The monoisotopic (exact) mass is 279 g/mol. The van der Waals surface area contributed by atoms with Crippen molar-refractivity contribution in [2.75, 3.05) is 25.0 Å². The Bertz CT molecular complexity index is 446. The normalized spacial score (nSPS) is 18.6. The summed E-state index contributed by atoms with van der Waals surface area (Å²) in [4.78, 5) is 13.9. The molecule has 1 atom stereocenters. The smallest absolute Gasteiger partial charge is 0.321 e. The first kappa shape index (κ1) is 14.8. The van der Waals surface area contributed by atoms with Crippen LogP contribution in [-0.2, 0) is 0 Å². The Balaban J connectivity index is 1.93. The van der Waals surface area contributed by atoms with Crippen LogP contribution in [-0.4, -0.2) is 36.6 Å². The van der Waals surface area contributed by atoms with E-state index in [1.807, 2.05) is 6.92 Å². The minimum absolute atomic E-state index is 0.229. The lowest BCUT2D eigenvalue weighted by molar-refractivity contribution is 0.202. The summed E-state index contributed by atoms with van der Waals surface area (Å²) < 4.78 is 13.5. The van der Waals surface area contributed by atoms with Crippen LogP contribution < -0.4 is 10.6 Å². The van der Waals surface area contributed by atoms with Crippen LogP contribution in [0.25, 0.3) is 0 Å². The molecule has 20 heavy (non-hydrogen) atoms. The van der Waals surface area contributed by atoms with Gasteiger partial charge in [-0.1, -0.05) is 18.6 Å². The van der Waals surface area contributed by atoms with E-state index in [4.69, 9.17) is 0 Å². The third kappa shape index (κ3) is 3.93. The second kappa shape index (κ2) is 7.24. The molecule has 1 aromatic carbocycles. The molecule has 0 bridgehead atoms. The number of urea groups is 1. The summed E-state index contributed by atoms with van der Waals surface area (Å²) >= 11 is 0. The number of nitrogens with one attached hydrogen (secondary N) is 2. The summed E-state index contributed by atoms with van der Waals surface area (Å²) in [5.41, 5.74) is 0.229. The van der Waals surface area contributed by atoms with Crippen LogP contribution in [0.2, 0.25) is 0 Å². The highest BCUT2D eigenvalue weighted by atomic mass is 19.1. The first-order valence-corrected chi connectivity index (χ1v) is 7.24. The molecule has 1 aromatic rings.